The van der Waals surface area contributed by atoms with Crippen LogP contribution in [0.15, 0.2) is 30.3 Å². The average Bonchev–Trinajstić information content (AvgIpc) is 3.57. The van der Waals surface area contributed by atoms with Gasteiger partial charge in [0.1, 0.15) is 31.6 Å². The quantitative estimate of drug-likeness (QED) is 0.505. The molecule has 0 unspecified atom stereocenters. The maximum Gasteiger partial charge on any atom is 0.240 e. The normalized spacial score (nSPS) is 17.9. The van der Waals surface area contributed by atoms with Crippen LogP contribution in [0.3, 0.4) is 0 Å². The molecule has 0 spiro atoms. The van der Waals surface area contributed by atoms with E-state index in [-0.39, 0.29) is 11.9 Å². The van der Waals surface area contributed by atoms with E-state index in [4.69, 9.17) is 19.9 Å². The molecule has 1 atom stereocenters. The summed E-state index contributed by atoms with van der Waals surface area (Å²) >= 11 is 0. The molecule has 0 saturated heterocycles. The molecule has 6 rings (SSSR count). The number of hydrogen-bond donors (Lipinski definition) is 4. The zero-order valence-corrected chi connectivity index (χ0v) is 17.0. The molecule has 8 nitrogen and oxygen atoms in total. The van der Waals surface area contributed by atoms with E-state index in [0.29, 0.717) is 32.3 Å². The van der Waals surface area contributed by atoms with Crippen molar-refractivity contribution in [3.05, 3.63) is 30.3 Å². The molecule has 3 aromatic rings. The molecule has 5 N–H and O–H groups in total. The van der Waals surface area contributed by atoms with Crippen molar-refractivity contribution in [2.45, 2.75) is 18.9 Å². The number of ether oxygens (including phenoxy) is 3. The van der Waals surface area contributed by atoms with Gasteiger partial charge in [-0.15, -0.1) is 0 Å². The van der Waals surface area contributed by atoms with Gasteiger partial charge in [-0.05, 0) is 43.0 Å². The van der Waals surface area contributed by atoms with Crippen LogP contribution in [0.5, 0.6) is 17.2 Å². The lowest BCUT2D eigenvalue weighted by atomic mass is 10.1. The summed E-state index contributed by atoms with van der Waals surface area (Å²) in [6.07, 6.45) is 2.05. The number of carbonyl (C=O) groups excluding carboxylic acids is 1. The van der Waals surface area contributed by atoms with Gasteiger partial charge in [0.05, 0.1) is 22.3 Å². The lowest BCUT2D eigenvalue weighted by Crippen LogP contribution is -2.37. The van der Waals surface area contributed by atoms with E-state index < -0.39 is 0 Å². The van der Waals surface area contributed by atoms with Gasteiger partial charge in [-0.1, -0.05) is 0 Å². The second kappa shape index (κ2) is 7.01. The number of fused-ring (bicyclic) bond motifs is 1. The lowest BCUT2D eigenvalue weighted by Gasteiger charge is -2.19. The Hall–Kier alpha value is -3.55. The molecule has 1 fully saturated rings. The first-order valence-corrected chi connectivity index (χ1v) is 10.7. The van der Waals surface area contributed by atoms with Gasteiger partial charge in [-0.3, -0.25) is 4.79 Å². The fourth-order valence-corrected chi connectivity index (χ4v) is 4.45. The van der Waals surface area contributed by atoms with Crippen LogP contribution >= 0.6 is 0 Å². The largest absolute Gasteiger partial charge is 0.491 e. The molecule has 1 aliphatic carbocycles. The summed E-state index contributed by atoms with van der Waals surface area (Å²) in [7, 11) is 0. The molecule has 3 aliphatic rings. The topological polar surface area (TPSA) is 111 Å². The van der Waals surface area contributed by atoms with Crippen molar-refractivity contribution in [1.29, 1.82) is 0 Å². The van der Waals surface area contributed by atoms with Crippen molar-refractivity contribution < 1.29 is 19.0 Å². The summed E-state index contributed by atoms with van der Waals surface area (Å²) in [5, 5.41) is 7.83. The van der Waals surface area contributed by atoms with E-state index in [0.717, 1.165) is 63.6 Å². The molecule has 1 amide bonds. The number of carbonyl (C=O) groups is 1. The summed E-state index contributed by atoms with van der Waals surface area (Å²) in [6.45, 7) is 2.35. The Labute approximate surface area is 179 Å². The number of nitrogens with two attached hydrogens (primary N) is 1. The summed E-state index contributed by atoms with van der Waals surface area (Å²) < 4.78 is 17.5. The fraction of sp³-hybridized carbons (Fsp3) is 0.348. The third-order valence-electron chi connectivity index (χ3n) is 6.08. The van der Waals surface area contributed by atoms with Gasteiger partial charge in [0.25, 0.3) is 0 Å². The van der Waals surface area contributed by atoms with Crippen molar-refractivity contribution in [1.82, 2.24) is 4.98 Å². The highest BCUT2D eigenvalue weighted by Crippen LogP contribution is 2.45. The molecule has 0 bridgehead atoms. The monoisotopic (exact) mass is 420 g/mol. The molecule has 2 aromatic carbocycles. The van der Waals surface area contributed by atoms with Gasteiger partial charge in [0, 0.05) is 23.9 Å². The Morgan fingerprint density at radius 1 is 1.03 bits per heavy atom. The molecule has 1 aromatic heterocycles. The Bertz CT molecular complexity index is 1180. The molecular formula is C23H24N4O4. The predicted molar refractivity (Wildman–Crippen MR) is 118 cm³/mol. The highest BCUT2D eigenvalue weighted by molar-refractivity contribution is 6.06. The van der Waals surface area contributed by atoms with Gasteiger partial charge < -0.3 is 35.6 Å². The number of benzene rings is 2. The number of amides is 1. The number of nitrogens with one attached hydrogen (secondary N) is 3. The van der Waals surface area contributed by atoms with Crippen molar-refractivity contribution >= 4 is 28.2 Å². The minimum Gasteiger partial charge on any atom is -0.491 e. The van der Waals surface area contributed by atoms with Crippen LogP contribution in [0.1, 0.15) is 12.8 Å². The van der Waals surface area contributed by atoms with Gasteiger partial charge in [0.15, 0.2) is 11.5 Å². The Balaban J connectivity index is 1.45. The van der Waals surface area contributed by atoms with E-state index in [9.17, 15) is 4.79 Å². The predicted octanol–water partition coefficient (Wildman–Crippen LogP) is 3.09. The van der Waals surface area contributed by atoms with E-state index in [1.165, 1.54) is 0 Å². The van der Waals surface area contributed by atoms with E-state index >= 15 is 0 Å². The molecule has 31 heavy (non-hydrogen) atoms. The van der Waals surface area contributed by atoms with E-state index in [1.807, 2.05) is 30.3 Å². The third-order valence-corrected chi connectivity index (χ3v) is 6.08. The standard InChI is InChI=1S/C23H24N4O4/c24-23(28)21(12-1-2-12)26-14-10-15-19-18(11-14)29-6-5-25-22(19)20(27-15)13-3-4-16-17(9-13)31-8-7-30-16/h3-4,9-12,21,25-27H,1-2,5-8H2,(H2,24,28)/t21-/m0/s1. The number of hydrogen-bond acceptors (Lipinski definition) is 6. The minimum absolute atomic E-state index is 0.308. The van der Waals surface area contributed by atoms with Crippen LogP contribution in [0.2, 0.25) is 0 Å². The van der Waals surface area contributed by atoms with Crippen molar-refractivity contribution in [3.63, 3.8) is 0 Å². The molecular weight excluding hydrogens is 396 g/mol. The van der Waals surface area contributed by atoms with Crippen LogP contribution < -0.4 is 30.6 Å². The number of aromatic nitrogens is 1. The molecule has 160 valence electrons. The van der Waals surface area contributed by atoms with Crippen LogP contribution in [0.25, 0.3) is 22.2 Å². The molecule has 3 heterocycles. The maximum atomic E-state index is 11.9. The highest BCUT2D eigenvalue weighted by Gasteiger charge is 2.35. The summed E-state index contributed by atoms with van der Waals surface area (Å²) in [6, 6.07) is 9.57. The van der Waals surface area contributed by atoms with Gasteiger partial charge >= 0.3 is 0 Å². The average molecular weight is 420 g/mol. The molecule has 0 radical (unpaired) electrons. The number of rotatable bonds is 5. The van der Waals surface area contributed by atoms with Crippen molar-refractivity contribution in [2.75, 3.05) is 37.0 Å². The van der Waals surface area contributed by atoms with Crippen molar-refractivity contribution in [3.8, 4) is 28.5 Å². The van der Waals surface area contributed by atoms with Crippen LogP contribution in [0, 0.1) is 5.92 Å². The highest BCUT2D eigenvalue weighted by atomic mass is 16.6. The summed E-state index contributed by atoms with van der Waals surface area (Å²) in [5.74, 6) is 2.27. The zero-order chi connectivity index (χ0) is 20.9. The Kier molecular flexibility index (Phi) is 4.12. The lowest BCUT2D eigenvalue weighted by molar-refractivity contribution is -0.119. The third kappa shape index (κ3) is 3.19. The number of anilines is 2. The van der Waals surface area contributed by atoms with Gasteiger partial charge in [-0.2, -0.15) is 0 Å². The maximum absolute atomic E-state index is 11.9. The Morgan fingerprint density at radius 2 is 1.84 bits per heavy atom. The Morgan fingerprint density at radius 3 is 2.65 bits per heavy atom. The first kappa shape index (κ1) is 18.2. The van der Waals surface area contributed by atoms with Crippen LogP contribution in [-0.2, 0) is 4.79 Å². The minimum atomic E-state index is -0.361. The second-order valence-electron chi connectivity index (χ2n) is 8.27. The zero-order valence-electron chi connectivity index (χ0n) is 17.0. The first-order chi connectivity index (χ1) is 15.2. The summed E-state index contributed by atoms with van der Waals surface area (Å²) in [5.41, 5.74) is 10.3. The fourth-order valence-electron chi connectivity index (χ4n) is 4.45. The number of primary amides is 1. The van der Waals surface area contributed by atoms with Crippen LogP contribution in [0.4, 0.5) is 11.4 Å². The smallest absolute Gasteiger partial charge is 0.240 e. The van der Waals surface area contributed by atoms with Crippen LogP contribution in [-0.4, -0.2) is 43.3 Å². The molecule has 2 aliphatic heterocycles. The van der Waals surface area contributed by atoms with Gasteiger partial charge in [0.2, 0.25) is 5.91 Å². The molecule has 1 saturated carbocycles. The second-order valence-corrected chi connectivity index (χ2v) is 8.27. The summed E-state index contributed by atoms with van der Waals surface area (Å²) in [4.78, 5) is 15.5. The van der Waals surface area contributed by atoms with Crippen molar-refractivity contribution in [2.24, 2.45) is 11.7 Å². The van der Waals surface area contributed by atoms with E-state index in [2.05, 4.69) is 15.6 Å². The van der Waals surface area contributed by atoms with Gasteiger partial charge in [-0.25, -0.2) is 0 Å². The molecule has 8 heteroatoms. The van der Waals surface area contributed by atoms with E-state index in [1.54, 1.807) is 0 Å². The first-order valence-electron chi connectivity index (χ1n) is 10.7. The number of H-pyrrole nitrogens is 1. The SMILES string of the molecule is NC(=O)[C@@H](Nc1cc2c3c(c(-c4ccc5c(c4)OCCO5)[nH]c3c1)NCCO2)C1CC1. The number of aromatic amines is 1.